The van der Waals surface area contributed by atoms with Crippen LogP contribution >= 0.6 is 34.8 Å². The number of rotatable bonds is 6. The van der Waals surface area contributed by atoms with Gasteiger partial charge in [-0.2, -0.15) is 0 Å². The molecule has 3 aromatic rings. The maximum atomic E-state index is 13.5. The zero-order valence-electron chi connectivity index (χ0n) is 17.7. The highest BCUT2D eigenvalue weighted by Gasteiger charge is 2.27. The Labute approximate surface area is 198 Å². The minimum absolute atomic E-state index is 0.135. The van der Waals surface area contributed by atoms with E-state index in [4.69, 9.17) is 39.8 Å². The van der Waals surface area contributed by atoms with Gasteiger partial charge < -0.3 is 9.47 Å². The topological polar surface area (TPSA) is 38.1 Å². The number of amides is 1. The number of fused-ring (bicyclic) bond motifs is 1. The normalized spacial score (nSPS) is 14.6. The van der Waals surface area contributed by atoms with Crippen LogP contribution in [-0.4, -0.2) is 26.9 Å². The van der Waals surface area contributed by atoms with Crippen molar-refractivity contribution in [1.82, 2.24) is 14.5 Å². The summed E-state index contributed by atoms with van der Waals surface area (Å²) in [4.78, 5) is 20.2. The van der Waals surface area contributed by atoms with Crippen molar-refractivity contribution in [2.75, 3.05) is 6.54 Å². The Morgan fingerprint density at radius 1 is 1.16 bits per heavy atom. The van der Waals surface area contributed by atoms with Gasteiger partial charge in [-0.05, 0) is 49.1 Å². The van der Waals surface area contributed by atoms with Crippen LogP contribution in [0.25, 0.3) is 11.0 Å². The molecule has 4 nitrogen and oxygen atoms in total. The lowest BCUT2D eigenvalue weighted by Gasteiger charge is -2.26. The highest BCUT2D eigenvalue weighted by molar-refractivity contribution is 6.43. The first-order chi connectivity index (χ1) is 14.8. The second-order valence-electron chi connectivity index (χ2n) is 8.65. The molecular formula is C24H26Cl3N3O. The van der Waals surface area contributed by atoms with Crippen molar-refractivity contribution in [2.45, 2.75) is 52.1 Å². The van der Waals surface area contributed by atoms with Crippen molar-refractivity contribution in [3.8, 4) is 0 Å². The minimum Gasteiger partial charge on any atom is -0.331 e. The summed E-state index contributed by atoms with van der Waals surface area (Å²) < 4.78 is 2.30. The van der Waals surface area contributed by atoms with Crippen molar-refractivity contribution in [3.63, 3.8) is 0 Å². The fourth-order valence-corrected chi connectivity index (χ4v) is 5.02. The summed E-state index contributed by atoms with van der Waals surface area (Å²) >= 11 is 18.9. The fraction of sp³-hybridized carbons (Fsp3) is 0.417. The van der Waals surface area contributed by atoms with Gasteiger partial charge in [0.05, 0.1) is 33.2 Å². The molecule has 1 aromatic heterocycles. The maximum absolute atomic E-state index is 13.5. The molecule has 1 saturated carbocycles. The van der Waals surface area contributed by atoms with Crippen LogP contribution in [0.15, 0.2) is 36.4 Å². The van der Waals surface area contributed by atoms with Gasteiger partial charge >= 0.3 is 0 Å². The van der Waals surface area contributed by atoms with Crippen LogP contribution in [0.5, 0.6) is 0 Å². The van der Waals surface area contributed by atoms with E-state index in [0.717, 1.165) is 29.7 Å². The van der Waals surface area contributed by atoms with Gasteiger partial charge in [0.15, 0.2) is 0 Å². The van der Waals surface area contributed by atoms with Gasteiger partial charge in [0.1, 0.15) is 5.82 Å². The largest absolute Gasteiger partial charge is 0.331 e. The van der Waals surface area contributed by atoms with Gasteiger partial charge in [0.2, 0.25) is 0 Å². The average Bonchev–Trinajstić information content (AvgIpc) is 3.36. The number of hydrogen-bond acceptors (Lipinski definition) is 2. The first-order valence-electron chi connectivity index (χ1n) is 10.7. The number of halogens is 3. The van der Waals surface area contributed by atoms with Crippen LogP contribution in [0.1, 0.15) is 61.8 Å². The van der Waals surface area contributed by atoms with E-state index >= 15 is 0 Å². The van der Waals surface area contributed by atoms with Gasteiger partial charge in [0.25, 0.3) is 5.91 Å². The quantitative estimate of drug-likeness (QED) is 0.370. The van der Waals surface area contributed by atoms with Crippen molar-refractivity contribution >= 4 is 51.7 Å². The summed E-state index contributed by atoms with van der Waals surface area (Å²) in [5.74, 6) is 1.04. The second kappa shape index (κ2) is 9.40. The van der Waals surface area contributed by atoms with Crippen molar-refractivity contribution in [1.29, 1.82) is 0 Å². The molecule has 0 atom stereocenters. The molecule has 1 aliphatic carbocycles. The molecular weight excluding hydrogens is 453 g/mol. The smallest absolute Gasteiger partial charge is 0.255 e. The number of carbonyl (C=O) groups excluding carboxylic acids is 1. The maximum Gasteiger partial charge on any atom is 0.255 e. The molecule has 0 bridgehead atoms. The molecule has 0 spiro atoms. The SMILES string of the molecule is CC(C)CN(Cc1nc2ccc(Cl)cc2n1C1CCCC1)C(=O)c1cccc(Cl)c1Cl. The van der Waals surface area contributed by atoms with Crippen LogP contribution in [0.3, 0.4) is 0 Å². The molecule has 1 amide bonds. The van der Waals surface area contributed by atoms with Crippen molar-refractivity contribution in [2.24, 2.45) is 5.92 Å². The van der Waals surface area contributed by atoms with Crippen molar-refractivity contribution in [3.05, 3.63) is 62.9 Å². The number of carbonyl (C=O) groups is 1. The van der Waals surface area contributed by atoms with E-state index in [1.807, 2.05) is 23.1 Å². The van der Waals surface area contributed by atoms with Gasteiger partial charge in [-0.3, -0.25) is 4.79 Å². The lowest BCUT2D eigenvalue weighted by atomic mass is 10.1. The lowest BCUT2D eigenvalue weighted by Crippen LogP contribution is -2.35. The molecule has 31 heavy (non-hydrogen) atoms. The minimum atomic E-state index is -0.135. The summed E-state index contributed by atoms with van der Waals surface area (Å²) in [6.45, 7) is 5.19. The molecule has 0 N–H and O–H groups in total. The second-order valence-corrected chi connectivity index (χ2v) is 9.87. The van der Waals surface area contributed by atoms with Crippen LogP contribution < -0.4 is 0 Å². The Morgan fingerprint density at radius 2 is 1.90 bits per heavy atom. The lowest BCUT2D eigenvalue weighted by molar-refractivity contribution is 0.0715. The fourth-order valence-electron chi connectivity index (χ4n) is 4.47. The summed E-state index contributed by atoms with van der Waals surface area (Å²) in [6, 6.07) is 11.3. The van der Waals surface area contributed by atoms with Gasteiger partial charge in [0, 0.05) is 17.6 Å². The van der Waals surface area contributed by atoms with E-state index in [0.29, 0.717) is 45.7 Å². The molecule has 2 aromatic carbocycles. The standard InChI is InChI=1S/C24H26Cl3N3O/c1-15(2)13-29(24(31)18-8-5-9-19(26)23(18)27)14-22-28-20-11-10-16(25)12-21(20)30(22)17-6-3-4-7-17/h5,8-12,15,17H,3-4,6-7,13-14H2,1-2H3. The molecule has 1 aliphatic rings. The van der Waals surface area contributed by atoms with Gasteiger partial charge in [-0.15, -0.1) is 0 Å². The van der Waals surface area contributed by atoms with Crippen molar-refractivity contribution < 1.29 is 4.79 Å². The summed E-state index contributed by atoms with van der Waals surface area (Å²) in [5, 5.41) is 1.36. The zero-order chi connectivity index (χ0) is 22.1. The monoisotopic (exact) mass is 477 g/mol. The molecule has 164 valence electrons. The summed E-state index contributed by atoms with van der Waals surface area (Å²) in [6.07, 6.45) is 4.64. The molecule has 1 fully saturated rings. The molecule has 4 rings (SSSR count). The molecule has 7 heteroatoms. The van der Waals surface area contributed by atoms with Crippen LogP contribution in [0.2, 0.25) is 15.1 Å². The summed E-state index contributed by atoms with van der Waals surface area (Å²) in [5.41, 5.74) is 2.36. The van der Waals surface area contributed by atoms with Crippen LogP contribution in [0.4, 0.5) is 0 Å². The predicted octanol–water partition coefficient (Wildman–Crippen LogP) is 7.41. The molecule has 0 unspecified atom stereocenters. The first kappa shape index (κ1) is 22.4. The highest BCUT2D eigenvalue weighted by atomic mass is 35.5. The van der Waals surface area contributed by atoms with E-state index in [1.165, 1.54) is 12.8 Å². The number of imidazole rings is 1. The van der Waals surface area contributed by atoms with E-state index in [-0.39, 0.29) is 5.91 Å². The zero-order valence-corrected chi connectivity index (χ0v) is 20.0. The molecule has 1 heterocycles. The number of nitrogens with zero attached hydrogens (tertiary/aromatic N) is 3. The Hall–Kier alpha value is -1.75. The first-order valence-corrected chi connectivity index (χ1v) is 11.9. The third kappa shape index (κ3) is 4.72. The highest BCUT2D eigenvalue weighted by Crippen LogP contribution is 2.35. The van der Waals surface area contributed by atoms with Gasteiger partial charge in [-0.1, -0.05) is 67.6 Å². The Kier molecular flexibility index (Phi) is 6.80. The van der Waals surface area contributed by atoms with E-state index < -0.39 is 0 Å². The predicted molar refractivity (Wildman–Crippen MR) is 128 cm³/mol. The molecule has 0 aliphatic heterocycles. The van der Waals surface area contributed by atoms with E-state index in [2.05, 4.69) is 18.4 Å². The number of aromatic nitrogens is 2. The third-order valence-corrected chi connectivity index (χ3v) is 6.86. The van der Waals surface area contributed by atoms with Crippen LogP contribution in [-0.2, 0) is 6.54 Å². The Morgan fingerprint density at radius 3 is 2.61 bits per heavy atom. The number of benzene rings is 2. The van der Waals surface area contributed by atoms with E-state index in [1.54, 1.807) is 18.2 Å². The van der Waals surface area contributed by atoms with Gasteiger partial charge in [-0.25, -0.2) is 4.98 Å². The van der Waals surface area contributed by atoms with E-state index in [9.17, 15) is 4.79 Å². The Balaban J connectivity index is 1.75. The third-order valence-electron chi connectivity index (χ3n) is 5.80. The molecule has 0 radical (unpaired) electrons. The summed E-state index contributed by atoms with van der Waals surface area (Å²) in [7, 11) is 0. The molecule has 0 saturated heterocycles. The number of hydrogen-bond donors (Lipinski definition) is 0. The Bertz CT molecular complexity index is 1100. The average molecular weight is 479 g/mol. The van der Waals surface area contributed by atoms with Crippen LogP contribution in [0, 0.1) is 5.92 Å².